The van der Waals surface area contributed by atoms with Crippen LogP contribution in [0.2, 0.25) is 0 Å². The summed E-state index contributed by atoms with van der Waals surface area (Å²) in [5.74, 6) is 0.859. The quantitative estimate of drug-likeness (QED) is 0.900. The summed E-state index contributed by atoms with van der Waals surface area (Å²) in [4.78, 5) is 18.3. The molecule has 1 N–H and O–H groups in total. The molecular formula is C16H24N2O2. The van der Waals surface area contributed by atoms with Crippen molar-refractivity contribution in [3.8, 4) is 0 Å². The van der Waals surface area contributed by atoms with Gasteiger partial charge in [0.2, 0.25) is 0 Å². The summed E-state index contributed by atoms with van der Waals surface area (Å²) in [5, 5.41) is 9.52. The van der Waals surface area contributed by atoms with Gasteiger partial charge in [0.1, 0.15) is 11.4 Å². The molecule has 0 bridgehead atoms. The van der Waals surface area contributed by atoms with Crippen molar-refractivity contribution in [2.75, 3.05) is 11.4 Å². The third kappa shape index (κ3) is 2.65. The maximum absolute atomic E-state index is 11.6. The van der Waals surface area contributed by atoms with Gasteiger partial charge in [0, 0.05) is 18.3 Å². The third-order valence-corrected chi connectivity index (χ3v) is 4.41. The second-order valence-corrected chi connectivity index (χ2v) is 6.30. The molecule has 0 radical (unpaired) electrons. The summed E-state index contributed by atoms with van der Waals surface area (Å²) in [6, 6.07) is 2.16. The molecule has 1 fully saturated rings. The molecule has 1 saturated heterocycles. The molecule has 3 atom stereocenters. The van der Waals surface area contributed by atoms with Crippen LogP contribution < -0.4 is 4.90 Å². The van der Waals surface area contributed by atoms with E-state index in [1.165, 1.54) is 6.42 Å². The van der Waals surface area contributed by atoms with Crippen molar-refractivity contribution >= 4 is 11.8 Å². The first-order chi connectivity index (χ1) is 9.31. The van der Waals surface area contributed by atoms with Crippen LogP contribution in [0.3, 0.4) is 0 Å². The van der Waals surface area contributed by atoms with Crippen LogP contribution in [0.25, 0.3) is 0 Å². The zero-order chi connectivity index (χ0) is 15.0. The lowest BCUT2D eigenvalue weighted by atomic mass is 9.85. The van der Waals surface area contributed by atoms with E-state index in [1.54, 1.807) is 0 Å². The van der Waals surface area contributed by atoms with E-state index in [2.05, 4.69) is 30.7 Å². The normalized spacial score (nSPS) is 26.6. The predicted octanol–water partition coefficient (Wildman–Crippen LogP) is 3.27. The molecule has 3 unspecified atom stereocenters. The van der Waals surface area contributed by atoms with Crippen molar-refractivity contribution in [1.82, 2.24) is 4.98 Å². The van der Waals surface area contributed by atoms with Gasteiger partial charge < -0.3 is 10.0 Å². The predicted molar refractivity (Wildman–Crippen MR) is 80.4 cm³/mol. The monoisotopic (exact) mass is 276 g/mol. The van der Waals surface area contributed by atoms with E-state index in [0.29, 0.717) is 29.3 Å². The molecule has 0 saturated carbocycles. The fraction of sp³-hybridized carbons (Fsp3) is 0.625. The minimum Gasteiger partial charge on any atom is -0.478 e. The lowest BCUT2D eigenvalue weighted by Gasteiger charge is -2.42. The number of carboxylic acids is 1. The second kappa shape index (κ2) is 5.43. The van der Waals surface area contributed by atoms with Gasteiger partial charge >= 0.3 is 5.97 Å². The first-order valence-electron chi connectivity index (χ1n) is 7.29. The Kier molecular flexibility index (Phi) is 4.02. The van der Waals surface area contributed by atoms with Gasteiger partial charge in [0.15, 0.2) is 0 Å². The number of piperidine rings is 1. The molecule has 4 heteroatoms. The zero-order valence-electron chi connectivity index (χ0n) is 13.0. The van der Waals surface area contributed by atoms with Gasteiger partial charge in [0.25, 0.3) is 0 Å². The molecule has 0 aliphatic carbocycles. The first kappa shape index (κ1) is 14.8. The van der Waals surface area contributed by atoms with Gasteiger partial charge in [-0.25, -0.2) is 9.78 Å². The Morgan fingerprint density at radius 3 is 2.60 bits per heavy atom. The van der Waals surface area contributed by atoms with Gasteiger partial charge in [-0.05, 0) is 50.7 Å². The van der Waals surface area contributed by atoms with Crippen molar-refractivity contribution in [2.45, 2.75) is 47.1 Å². The molecule has 2 rings (SSSR count). The number of hydrogen-bond acceptors (Lipinski definition) is 3. The van der Waals surface area contributed by atoms with Crippen LogP contribution in [0.5, 0.6) is 0 Å². The SMILES string of the molecule is Cc1cc(C)c(C(=O)O)c(N2CC(C)CC(C)C2C)n1. The Morgan fingerprint density at radius 2 is 2.00 bits per heavy atom. The number of aryl methyl sites for hydroxylation is 2. The maximum atomic E-state index is 11.6. The van der Waals surface area contributed by atoms with E-state index in [1.807, 2.05) is 19.9 Å². The first-order valence-corrected chi connectivity index (χ1v) is 7.29. The number of pyridine rings is 1. The Bertz CT molecular complexity index is 527. The molecule has 4 nitrogen and oxygen atoms in total. The van der Waals surface area contributed by atoms with Crippen LogP contribution in [-0.2, 0) is 0 Å². The number of rotatable bonds is 2. The van der Waals surface area contributed by atoms with E-state index in [4.69, 9.17) is 0 Å². The van der Waals surface area contributed by atoms with Gasteiger partial charge in [-0.1, -0.05) is 13.8 Å². The smallest absolute Gasteiger partial charge is 0.339 e. The highest BCUT2D eigenvalue weighted by molar-refractivity contribution is 5.95. The molecule has 0 spiro atoms. The number of hydrogen-bond donors (Lipinski definition) is 1. The molecule has 0 aromatic carbocycles. The largest absolute Gasteiger partial charge is 0.478 e. The molecular weight excluding hydrogens is 252 g/mol. The van der Waals surface area contributed by atoms with Crippen molar-refractivity contribution in [1.29, 1.82) is 0 Å². The molecule has 1 aliphatic rings. The zero-order valence-corrected chi connectivity index (χ0v) is 13.0. The number of aromatic nitrogens is 1. The molecule has 20 heavy (non-hydrogen) atoms. The van der Waals surface area contributed by atoms with E-state index in [0.717, 1.165) is 17.8 Å². The Hall–Kier alpha value is -1.58. The summed E-state index contributed by atoms with van der Waals surface area (Å²) < 4.78 is 0. The fourth-order valence-corrected chi connectivity index (χ4v) is 3.28. The lowest BCUT2D eigenvalue weighted by molar-refractivity contribution is 0.0696. The third-order valence-electron chi connectivity index (χ3n) is 4.41. The van der Waals surface area contributed by atoms with E-state index in [9.17, 15) is 9.90 Å². The van der Waals surface area contributed by atoms with Crippen molar-refractivity contribution < 1.29 is 9.90 Å². The van der Waals surface area contributed by atoms with Gasteiger partial charge in [-0.15, -0.1) is 0 Å². The lowest BCUT2D eigenvalue weighted by Crippen LogP contribution is -2.47. The summed E-state index contributed by atoms with van der Waals surface area (Å²) in [6.07, 6.45) is 1.19. The molecule has 1 aromatic rings. The number of anilines is 1. The highest BCUT2D eigenvalue weighted by Gasteiger charge is 2.32. The molecule has 1 aromatic heterocycles. The summed E-state index contributed by atoms with van der Waals surface area (Å²) >= 11 is 0. The van der Waals surface area contributed by atoms with Crippen molar-refractivity contribution in [3.05, 3.63) is 22.9 Å². The topological polar surface area (TPSA) is 53.4 Å². The Morgan fingerprint density at radius 1 is 1.35 bits per heavy atom. The Labute approximate surface area is 120 Å². The minimum atomic E-state index is -0.886. The van der Waals surface area contributed by atoms with Crippen LogP contribution in [0.1, 0.15) is 48.8 Å². The average molecular weight is 276 g/mol. The fourth-order valence-electron chi connectivity index (χ4n) is 3.28. The van der Waals surface area contributed by atoms with Gasteiger partial charge in [-0.3, -0.25) is 0 Å². The number of carbonyl (C=O) groups is 1. The minimum absolute atomic E-state index is 0.318. The molecule has 1 aliphatic heterocycles. The van der Waals surface area contributed by atoms with Crippen LogP contribution in [0.4, 0.5) is 5.82 Å². The maximum Gasteiger partial charge on any atom is 0.339 e. The highest BCUT2D eigenvalue weighted by Crippen LogP contribution is 2.33. The Balaban J connectivity index is 2.53. The standard InChI is InChI=1S/C16H24N2O2/c1-9-6-10(2)13(5)18(8-9)15-14(16(19)20)11(3)7-12(4)17-15/h7,9-10,13H,6,8H2,1-5H3,(H,19,20). The van der Waals surface area contributed by atoms with Crippen LogP contribution in [-0.4, -0.2) is 28.6 Å². The molecule has 2 heterocycles. The number of nitrogens with zero attached hydrogens (tertiary/aromatic N) is 2. The molecule has 110 valence electrons. The van der Waals surface area contributed by atoms with Crippen LogP contribution >= 0.6 is 0 Å². The van der Waals surface area contributed by atoms with Gasteiger partial charge in [0.05, 0.1) is 0 Å². The van der Waals surface area contributed by atoms with Crippen LogP contribution in [0, 0.1) is 25.7 Å². The molecule has 0 amide bonds. The van der Waals surface area contributed by atoms with Crippen molar-refractivity contribution in [3.63, 3.8) is 0 Å². The highest BCUT2D eigenvalue weighted by atomic mass is 16.4. The summed E-state index contributed by atoms with van der Waals surface area (Å²) in [5.41, 5.74) is 2.02. The second-order valence-electron chi connectivity index (χ2n) is 6.30. The van der Waals surface area contributed by atoms with Crippen molar-refractivity contribution in [2.24, 2.45) is 11.8 Å². The number of carboxylic acid groups (broad SMARTS) is 1. The van der Waals surface area contributed by atoms with E-state index < -0.39 is 5.97 Å². The van der Waals surface area contributed by atoms with E-state index in [-0.39, 0.29) is 0 Å². The van der Waals surface area contributed by atoms with Gasteiger partial charge in [-0.2, -0.15) is 0 Å². The summed E-state index contributed by atoms with van der Waals surface area (Å²) in [7, 11) is 0. The van der Waals surface area contributed by atoms with E-state index >= 15 is 0 Å². The number of aromatic carboxylic acids is 1. The average Bonchev–Trinajstić information content (AvgIpc) is 2.32. The summed E-state index contributed by atoms with van der Waals surface area (Å²) in [6.45, 7) is 11.3. The van der Waals surface area contributed by atoms with Crippen LogP contribution in [0.15, 0.2) is 6.07 Å².